The van der Waals surface area contributed by atoms with Gasteiger partial charge in [0.15, 0.2) is 0 Å². The van der Waals surface area contributed by atoms with Gasteiger partial charge in [-0.2, -0.15) is 0 Å². The van der Waals surface area contributed by atoms with Crippen LogP contribution >= 0.6 is 23.2 Å². The zero-order valence-electron chi connectivity index (χ0n) is 11.1. The Balaban J connectivity index is 2.39. The van der Waals surface area contributed by atoms with E-state index in [-0.39, 0.29) is 21.5 Å². The summed E-state index contributed by atoms with van der Waals surface area (Å²) in [5.74, 6) is -0.332. The van der Waals surface area contributed by atoms with Crippen LogP contribution in [0, 0.1) is 13.8 Å². The van der Waals surface area contributed by atoms with Crippen molar-refractivity contribution in [3.05, 3.63) is 57.1 Å². The number of amides is 1. The van der Waals surface area contributed by atoms with Gasteiger partial charge < -0.3 is 11.1 Å². The standard InChI is InChI=1S/C15H14Cl2N2O/c1-8-4-3-5-9(2)14(8)19-15(20)11-6-10(18)7-12(16)13(11)17/h3-7H,18H2,1-2H3,(H,19,20). The Morgan fingerprint density at radius 2 is 1.75 bits per heavy atom. The third kappa shape index (κ3) is 2.89. The van der Waals surface area contributed by atoms with Crippen LogP contribution in [0.4, 0.5) is 11.4 Å². The van der Waals surface area contributed by atoms with Gasteiger partial charge in [-0.3, -0.25) is 4.79 Å². The van der Waals surface area contributed by atoms with Crippen molar-refractivity contribution < 1.29 is 4.79 Å². The quantitative estimate of drug-likeness (QED) is 0.806. The molecule has 0 atom stereocenters. The molecule has 0 saturated carbocycles. The van der Waals surface area contributed by atoms with E-state index in [2.05, 4.69) is 5.32 Å². The minimum Gasteiger partial charge on any atom is -0.399 e. The van der Waals surface area contributed by atoms with Crippen molar-refractivity contribution in [2.45, 2.75) is 13.8 Å². The van der Waals surface area contributed by atoms with Gasteiger partial charge in [0.1, 0.15) is 0 Å². The molecule has 0 unspecified atom stereocenters. The van der Waals surface area contributed by atoms with E-state index < -0.39 is 0 Å². The van der Waals surface area contributed by atoms with Gasteiger partial charge in [-0.25, -0.2) is 0 Å². The first-order valence-corrected chi connectivity index (χ1v) is 6.78. The van der Waals surface area contributed by atoms with Crippen LogP contribution in [0.15, 0.2) is 30.3 Å². The van der Waals surface area contributed by atoms with Crippen LogP contribution < -0.4 is 11.1 Å². The Morgan fingerprint density at radius 3 is 2.35 bits per heavy atom. The van der Waals surface area contributed by atoms with E-state index in [0.29, 0.717) is 5.69 Å². The molecule has 104 valence electrons. The predicted molar refractivity (Wildman–Crippen MR) is 84.7 cm³/mol. The molecule has 0 aliphatic heterocycles. The van der Waals surface area contributed by atoms with Crippen molar-refractivity contribution in [1.82, 2.24) is 0 Å². The Hall–Kier alpha value is -1.71. The Bertz CT molecular complexity index is 664. The molecule has 0 fully saturated rings. The van der Waals surface area contributed by atoms with Crippen LogP contribution in [0.25, 0.3) is 0 Å². The summed E-state index contributed by atoms with van der Waals surface area (Å²) in [6.07, 6.45) is 0. The molecule has 1 amide bonds. The molecule has 0 aliphatic carbocycles. The van der Waals surface area contributed by atoms with Crippen LogP contribution in [0.1, 0.15) is 21.5 Å². The summed E-state index contributed by atoms with van der Waals surface area (Å²) in [5.41, 5.74) is 9.08. The highest BCUT2D eigenvalue weighted by Crippen LogP contribution is 2.30. The first-order chi connectivity index (χ1) is 9.40. The lowest BCUT2D eigenvalue weighted by Gasteiger charge is -2.13. The number of nitrogens with one attached hydrogen (secondary N) is 1. The number of carbonyl (C=O) groups is 1. The molecule has 2 aromatic carbocycles. The second kappa shape index (κ2) is 5.73. The minimum absolute atomic E-state index is 0.199. The number of anilines is 2. The Labute approximate surface area is 127 Å². The molecule has 0 saturated heterocycles. The van der Waals surface area contributed by atoms with Crippen LogP contribution in [-0.2, 0) is 0 Å². The lowest BCUT2D eigenvalue weighted by atomic mass is 10.1. The highest BCUT2D eigenvalue weighted by Gasteiger charge is 2.15. The first-order valence-electron chi connectivity index (χ1n) is 6.02. The Morgan fingerprint density at radius 1 is 1.15 bits per heavy atom. The number of para-hydroxylation sites is 1. The lowest BCUT2D eigenvalue weighted by Crippen LogP contribution is -2.14. The molecular formula is C15H14Cl2N2O. The molecule has 0 heterocycles. The van der Waals surface area contributed by atoms with Crippen LogP contribution in [0.2, 0.25) is 10.0 Å². The molecule has 0 spiro atoms. The van der Waals surface area contributed by atoms with Crippen molar-refractivity contribution in [3.8, 4) is 0 Å². The predicted octanol–water partition coefficient (Wildman–Crippen LogP) is 4.44. The molecule has 5 heteroatoms. The number of carbonyl (C=O) groups excluding carboxylic acids is 1. The Kier molecular flexibility index (Phi) is 4.21. The third-order valence-corrected chi connectivity index (χ3v) is 3.82. The SMILES string of the molecule is Cc1cccc(C)c1NC(=O)c1cc(N)cc(Cl)c1Cl. The molecule has 3 N–H and O–H groups in total. The lowest BCUT2D eigenvalue weighted by molar-refractivity contribution is 0.102. The fourth-order valence-corrected chi connectivity index (χ4v) is 2.39. The third-order valence-electron chi connectivity index (χ3n) is 3.01. The molecule has 2 rings (SSSR count). The number of benzene rings is 2. The number of nitrogen functional groups attached to an aromatic ring is 1. The van der Waals surface area contributed by atoms with Gasteiger partial charge >= 0.3 is 0 Å². The average molecular weight is 309 g/mol. The van der Waals surface area contributed by atoms with Crippen molar-refractivity contribution >= 4 is 40.5 Å². The first kappa shape index (κ1) is 14.7. The number of hydrogen-bond donors (Lipinski definition) is 2. The smallest absolute Gasteiger partial charge is 0.257 e. The van der Waals surface area contributed by atoms with Gasteiger partial charge in [0.05, 0.1) is 15.6 Å². The van der Waals surface area contributed by atoms with E-state index in [0.717, 1.165) is 16.8 Å². The second-order valence-electron chi connectivity index (χ2n) is 4.59. The van der Waals surface area contributed by atoms with E-state index in [4.69, 9.17) is 28.9 Å². The highest BCUT2D eigenvalue weighted by molar-refractivity contribution is 6.44. The molecular weight excluding hydrogens is 295 g/mol. The fraction of sp³-hybridized carbons (Fsp3) is 0.133. The van der Waals surface area contributed by atoms with Gasteiger partial charge in [0.25, 0.3) is 5.91 Å². The molecule has 0 radical (unpaired) electrons. The maximum atomic E-state index is 12.3. The summed E-state index contributed by atoms with van der Waals surface area (Å²) in [5, 5.41) is 3.31. The van der Waals surface area contributed by atoms with Crippen molar-refractivity contribution in [2.24, 2.45) is 0 Å². The van der Waals surface area contributed by atoms with Crippen molar-refractivity contribution in [2.75, 3.05) is 11.1 Å². The van der Waals surface area contributed by atoms with E-state index in [1.165, 1.54) is 12.1 Å². The van der Waals surface area contributed by atoms with Crippen molar-refractivity contribution in [3.63, 3.8) is 0 Å². The van der Waals surface area contributed by atoms with E-state index in [1.807, 2.05) is 32.0 Å². The average Bonchev–Trinajstić information content (AvgIpc) is 2.38. The zero-order chi connectivity index (χ0) is 14.9. The summed E-state index contributed by atoms with van der Waals surface area (Å²) >= 11 is 12.0. The van der Waals surface area contributed by atoms with Crippen LogP contribution in [0.5, 0.6) is 0 Å². The molecule has 0 aromatic heterocycles. The number of rotatable bonds is 2. The number of hydrogen-bond acceptors (Lipinski definition) is 2. The van der Waals surface area contributed by atoms with E-state index >= 15 is 0 Å². The molecule has 0 bridgehead atoms. The van der Waals surface area contributed by atoms with Gasteiger partial charge in [-0.15, -0.1) is 0 Å². The summed E-state index contributed by atoms with van der Waals surface area (Å²) in [7, 11) is 0. The molecule has 20 heavy (non-hydrogen) atoms. The van der Waals surface area contributed by atoms with Gasteiger partial charge in [-0.1, -0.05) is 41.4 Å². The van der Waals surface area contributed by atoms with Crippen molar-refractivity contribution in [1.29, 1.82) is 0 Å². The van der Waals surface area contributed by atoms with Crippen LogP contribution in [-0.4, -0.2) is 5.91 Å². The molecule has 2 aromatic rings. The summed E-state index contributed by atoms with van der Waals surface area (Å²) < 4.78 is 0. The summed E-state index contributed by atoms with van der Waals surface area (Å²) in [6.45, 7) is 3.85. The molecule has 3 nitrogen and oxygen atoms in total. The summed E-state index contributed by atoms with van der Waals surface area (Å²) in [6, 6.07) is 8.81. The largest absolute Gasteiger partial charge is 0.399 e. The minimum atomic E-state index is -0.332. The second-order valence-corrected chi connectivity index (χ2v) is 5.37. The maximum Gasteiger partial charge on any atom is 0.257 e. The van der Waals surface area contributed by atoms with Gasteiger partial charge in [0.2, 0.25) is 0 Å². The highest BCUT2D eigenvalue weighted by atomic mass is 35.5. The van der Waals surface area contributed by atoms with Gasteiger partial charge in [0, 0.05) is 11.4 Å². The fourth-order valence-electron chi connectivity index (χ4n) is 1.97. The van der Waals surface area contributed by atoms with E-state index in [9.17, 15) is 4.79 Å². The van der Waals surface area contributed by atoms with Gasteiger partial charge in [-0.05, 0) is 37.1 Å². The topological polar surface area (TPSA) is 55.1 Å². The monoisotopic (exact) mass is 308 g/mol. The normalized spacial score (nSPS) is 10.4. The van der Waals surface area contributed by atoms with Crippen LogP contribution in [0.3, 0.4) is 0 Å². The zero-order valence-corrected chi connectivity index (χ0v) is 12.6. The number of nitrogens with two attached hydrogens (primary N) is 1. The molecule has 0 aliphatic rings. The number of halogens is 2. The number of aryl methyl sites for hydroxylation is 2. The summed E-state index contributed by atoms with van der Waals surface area (Å²) in [4.78, 5) is 12.3. The van der Waals surface area contributed by atoms with E-state index in [1.54, 1.807) is 0 Å². The maximum absolute atomic E-state index is 12.3.